The molecular weight excluding hydrogens is 226 g/mol. The summed E-state index contributed by atoms with van der Waals surface area (Å²) in [6.07, 6.45) is 1.70. The van der Waals surface area contributed by atoms with E-state index in [1.54, 1.807) is 29.9 Å². The molecule has 5 heteroatoms. The number of carboxylic acid groups (broad SMARTS) is 1. The quantitative estimate of drug-likeness (QED) is 0.884. The van der Waals surface area contributed by atoms with Crippen molar-refractivity contribution >= 4 is 17.3 Å². The Morgan fingerprint density at radius 3 is 2.94 bits per heavy atom. The number of para-hydroxylation sites is 1. The van der Waals surface area contributed by atoms with Gasteiger partial charge in [-0.15, -0.1) is 11.3 Å². The summed E-state index contributed by atoms with van der Waals surface area (Å²) >= 11 is 1.47. The number of ether oxygens (including phenoxy) is 1. The lowest BCUT2D eigenvalue weighted by Gasteiger charge is -2.06. The maximum atomic E-state index is 10.9. The third kappa shape index (κ3) is 2.38. The van der Waals surface area contributed by atoms with Crippen molar-refractivity contribution in [2.45, 2.75) is 6.61 Å². The van der Waals surface area contributed by atoms with Gasteiger partial charge in [-0.05, 0) is 12.1 Å². The van der Waals surface area contributed by atoms with Crippen LogP contribution in [0, 0.1) is 0 Å². The Hall–Kier alpha value is -1.88. The van der Waals surface area contributed by atoms with Crippen molar-refractivity contribution in [2.24, 2.45) is 0 Å². The lowest BCUT2D eigenvalue weighted by Crippen LogP contribution is -2.02. The minimum Gasteiger partial charge on any atom is -0.487 e. The fourth-order valence-electron chi connectivity index (χ4n) is 1.23. The Labute approximate surface area is 96.1 Å². The summed E-state index contributed by atoms with van der Waals surface area (Å²) in [7, 11) is 0. The Kier molecular flexibility index (Phi) is 3.16. The average molecular weight is 235 g/mol. The van der Waals surface area contributed by atoms with Gasteiger partial charge in [0.05, 0.1) is 10.4 Å². The van der Waals surface area contributed by atoms with Crippen molar-refractivity contribution in [3.8, 4) is 5.75 Å². The molecule has 0 saturated heterocycles. The molecule has 0 aliphatic carbocycles. The SMILES string of the molecule is O=C(O)c1ccccc1OCc1cncs1. The van der Waals surface area contributed by atoms with Crippen LogP contribution >= 0.6 is 11.3 Å². The first kappa shape index (κ1) is 10.6. The first-order valence-electron chi connectivity index (χ1n) is 4.60. The molecule has 1 aromatic carbocycles. The molecule has 82 valence electrons. The number of hydrogen-bond donors (Lipinski definition) is 1. The first-order chi connectivity index (χ1) is 7.77. The van der Waals surface area contributed by atoms with E-state index in [0.29, 0.717) is 12.4 Å². The van der Waals surface area contributed by atoms with Crippen molar-refractivity contribution in [1.82, 2.24) is 4.98 Å². The third-order valence-electron chi connectivity index (χ3n) is 1.97. The van der Waals surface area contributed by atoms with Gasteiger partial charge in [0, 0.05) is 6.20 Å². The third-order valence-corrected chi connectivity index (χ3v) is 2.72. The van der Waals surface area contributed by atoms with Gasteiger partial charge in [0.15, 0.2) is 0 Å². The molecule has 0 atom stereocenters. The highest BCUT2D eigenvalue weighted by atomic mass is 32.1. The van der Waals surface area contributed by atoms with E-state index in [4.69, 9.17) is 9.84 Å². The second-order valence-corrected chi connectivity index (χ2v) is 4.03. The van der Waals surface area contributed by atoms with Crippen LogP contribution in [0.3, 0.4) is 0 Å². The zero-order valence-electron chi connectivity index (χ0n) is 8.29. The number of benzene rings is 1. The largest absolute Gasteiger partial charge is 0.487 e. The topological polar surface area (TPSA) is 59.4 Å². The number of nitrogens with zero attached hydrogens (tertiary/aromatic N) is 1. The molecule has 2 rings (SSSR count). The molecule has 0 amide bonds. The predicted molar refractivity (Wildman–Crippen MR) is 59.8 cm³/mol. The van der Waals surface area contributed by atoms with Gasteiger partial charge in [-0.3, -0.25) is 4.98 Å². The summed E-state index contributed by atoms with van der Waals surface area (Å²) < 4.78 is 5.43. The minimum atomic E-state index is -0.986. The van der Waals surface area contributed by atoms with E-state index in [-0.39, 0.29) is 5.56 Å². The number of aromatic carboxylic acids is 1. The fraction of sp³-hybridized carbons (Fsp3) is 0.0909. The lowest BCUT2D eigenvalue weighted by molar-refractivity contribution is 0.0692. The lowest BCUT2D eigenvalue weighted by atomic mass is 10.2. The normalized spacial score (nSPS) is 10.0. The van der Waals surface area contributed by atoms with Gasteiger partial charge in [0.1, 0.15) is 17.9 Å². The van der Waals surface area contributed by atoms with Gasteiger partial charge < -0.3 is 9.84 Å². The van der Waals surface area contributed by atoms with Crippen molar-refractivity contribution < 1.29 is 14.6 Å². The van der Waals surface area contributed by atoms with Gasteiger partial charge in [-0.2, -0.15) is 0 Å². The van der Waals surface area contributed by atoms with Crippen LogP contribution in [-0.4, -0.2) is 16.1 Å². The van der Waals surface area contributed by atoms with E-state index >= 15 is 0 Å². The van der Waals surface area contributed by atoms with Crippen LogP contribution < -0.4 is 4.74 Å². The number of rotatable bonds is 4. The predicted octanol–water partition coefficient (Wildman–Crippen LogP) is 2.42. The molecule has 16 heavy (non-hydrogen) atoms. The smallest absolute Gasteiger partial charge is 0.339 e. The van der Waals surface area contributed by atoms with E-state index < -0.39 is 5.97 Å². The number of thiazole rings is 1. The Bertz CT molecular complexity index is 482. The molecule has 0 unspecified atom stereocenters. The van der Waals surface area contributed by atoms with E-state index in [2.05, 4.69) is 4.98 Å². The fourth-order valence-corrected chi connectivity index (χ4v) is 1.74. The Morgan fingerprint density at radius 1 is 1.44 bits per heavy atom. The summed E-state index contributed by atoms with van der Waals surface area (Å²) in [5, 5.41) is 8.93. The molecule has 0 fully saturated rings. The summed E-state index contributed by atoms with van der Waals surface area (Å²) in [6.45, 7) is 0.342. The van der Waals surface area contributed by atoms with Crippen LogP contribution in [0.2, 0.25) is 0 Å². The Balaban J connectivity index is 2.12. The first-order valence-corrected chi connectivity index (χ1v) is 5.48. The summed E-state index contributed by atoms with van der Waals surface area (Å²) in [4.78, 5) is 15.8. The molecule has 1 aromatic heterocycles. The highest BCUT2D eigenvalue weighted by Gasteiger charge is 2.10. The molecular formula is C11H9NO3S. The summed E-state index contributed by atoms with van der Waals surface area (Å²) in [5.41, 5.74) is 1.88. The highest BCUT2D eigenvalue weighted by Crippen LogP contribution is 2.19. The van der Waals surface area contributed by atoms with Crippen LogP contribution in [0.25, 0.3) is 0 Å². The monoisotopic (exact) mass is 235 g/mol. The van der Waals surface area contributed by atoms with Gasteiger partial charge >= 0.3 is 5.97 Å². The van der Waals surface area contributed by atoms with Crippen molar-refractivity contribution in [1.29, 1.82) is 0 Å². The van der Waals surface area contributed by atoms with Crippen LogP contribution in [0.4, 0.5) is 0 Å². The molecule has 0 bridgehead atoms. The molecule has 1 N–H and O–H groups in total. The zero-order chi connectivity index (χ0) is 11.4. The molecule has 0 spiro atoms. The van der Waals surface area contributed by atoms with Crippen molar-refractivity contribution in [3.05, 3.63) is 46.4 Å². The van der Waals surface area contributed by atoms with Crippen molar-refractivity contribution in [3.63, 3.8) is 0 Å². The van der Waals surface area contributed by atoms with Gasteiger partial charge in [-0.25, -0.2) is 4.79 Å². The van der Waals surface area contributed by atoms with Crippen LogP contribution in [0.5, 0.6) is 5.75 Å². The standard InChI is InChI=1S/C11H9NO3S/c13-11(14)9-3-1-2-4-10(9)15-6-8-5-12-7-16-8/h1-5,7H,6H2,(H,13,14). The second kappa shape index (κ2) is 4.76. The van der Waals surface area contributed by atoms with E-state index in [0.717, 1.165) is 4.88 Å². The van der Waals surface area contributed by atoms with E-state index in [1.807, 2.05) is 0 Å². The number of carbonyl (C=O) groups is 1. The van der Waals surface area contributed by atoms with Crippen LogP contribution in [0.15, 0.2) is 36.0 Å². The van der Waals surface area contributed by atoms with Gasteiger partial charge in [-0.1, -0.05) is 12.1 Å². The molecule has 0 saturated carbocycles. The summed E-state index contributed by atoms with van der Waals surface area (Å²) in [6, 6.07) is 6.58. The van der Waals surface area contributed by atoms with Gasteiger partial charge in [0.2, 0.25) is 0 Å². The second-order valence-electron chi connectivity index (χ2n) is 3.06. The molecule has 1 heterocycles. The molecule has 0 aliphatic heterocycles. The number of aromatic nitrogens is 1. The Morgan fingerprint density at radius 2 is 2.25 bits per heavy atom. The molecule has 2 aromatic rings. The zero-order valence-corrected chi connectivity index (χ0v) is 9.11. The summed E-state index contributed by atoms with van der Waals surface area (Å²) in [5.74, 6) is -0.608. The van der Waals surface area contributed by atoms with E-state index in [1.165, 1.54) is 17.4 Å². The minimum absolute atomic E-state index is 0.173. The van der Waals surface area contributed by atoms with Crippen molar-refractivity contribution in [2.75, 3.05) is 0 Å². The molecule has 4 nitrogen and oxygen atoms in total. The molecule has 0 radical (unpaired) electrons. The number of carboxylic acids is 1. The van der Waals surface area contributed by atoms with Crippen LogP contribution in [-0.2, 0) is 6.61 Å². The maximum absolute atomic E-state index is 10.9. The van der Waals surface area contributed by atoms with Gasteiger partial charge in [0.25, 0.3) is 0 Å². The highest BCUT2D eigenvalue weighted by molar-refractivity contribution is 7.09. The van der Waals surface area contributed by atoms with Crippen LogP contribution in [0.1, 0.15) is 15.2 Å². The maximum Gasteiger partial charge on any atom is 0.339 e. The molecule has 0 aliphatic rings. The number of hydrogen-bond acceptors (Lipinski definition) is 4. The van der Waals surface area contributed by atoms with E-state index in [9.17, 15) is 4.79 Å². The average Bonchev–Trinajstić information content (AvgIpc) is 2.79.